The van der Waals surface area contributed by atoms with Crippen LogP contribution in [0.15, 0.2) is 48.5 Å². The van der Waals surface area contributed by atoms with Crippen molar-refractivity contribution in [1.82, 2.24) is 0 Å². The first-order valence-corrected chi connectivity index (χ1v) is 10.2. The highest BCUT2D eigenvalue weighted by Crippen LogP contribution is 2.33. The van der Waals surface area contributed by atoms with Crippen molar-refractivity contribution in [2.75, 3.05) is 0 Å². The molecule has 0 bridgehead atoms. The van der Waals surface area contributed by atoms with Gasteiger partial charge in [-0.1, -0.05) is 38.1 Å². The van der Waals surface area contributed by atoms with Crippen LogP contribution in [0, 0.1) is 0 Å². The molecule has 0 radical (unpaired) electrons. The number of benzene rings is 3. The van der Waals surface area contributed by atoms with Gasteiger partial charge in [-0.3, -0.25) is 9.59 Å². The number of phenolic OH excluding ortho intramolecular Hbond substituents is 3. The van der Waals surface area contributed by atoms with E-state index in [-0.39, 0.29) is 34.3 Å². The lowest BCUT2D eigenvalue weighted by atomic mass is 9.89. The molecule has 5 heteroatoms. The second-order valence-corrected chi connectivity index (χ2v) is 7.87. The Morgan fingerprint density at radius 1 is 0.774 bits per heavy atom. The third kappa shape index (κ3) is 4.94. The number of phenols is 3. The molecule has 0 saturated heterocycles. The molecule has 0 heterocycles. The third-order valence-electron chi connectivity index (χ3n) is 5.70. The minimum Gasteiger partial charge on any atom is -0.507 e. The van der Waals surface area contributed by atoms with Gasteiger partial charge in [0.15, 0.2) is 12.6 Å². The number of carbonyl (C=O) groups is 2. The second-order valence-electron chi connectivity index (χ2n) is 7.87. The maximum absolute atomic E-state index is 11.2. The Morgan fingerprint density at radius 2 is 1.23 bits per heavy atom. The molecule has 5 nitrogen and oxygen atoms in total. The van der Waals surface area contributed by atoms with E-state index >= 15 is 0 Å². The lowest BCUT2D eigenvalue weighted by Crippen LogP contribution is -2.01. The van der Waals surface area contributed by atoms with Crippen LogP contribution >= 0.6 is 0 Å². The maximum atomic E-state index is 11.2. The number of aldehydes is 2. The standard InChI is InChI=1S/C26H26O5/c1-3-16(2)19-12-20(8-17-4-6-24(29)22(10-17)14-27)26(31)21(13-19)9-18-5-7-25(30)23(11-18)15-28/h4-7,10-16,29-31H,3,8-9H2,1-2H3. The first-order valence-electron chi connectivity index (χ1n) is 10.2. The molecule has 3 aromatic rings. The van der Waals surface area contributed by atoms with Crippen LogP contribution in [0.3, 0.4) is 0 Å². The number of hydrogen-bond donors (Lipinski definition) is 3. The summed E-state index contributed by atoms with van der Waals surface area (Å²) < 4.78 is 0. The zero-order valence-electron chi connectivity index (χ0n) is 17.6. The molecule has 0 saturated carbocycles. The van der Waals surface area contributed by atoms with Gasteiger partial charge in [0.1, 0.15) is 17.2 Å². The molecule has 31 heavy (non-hydrogen) atoms. The van der Waals surface area contributed by atoms with E-state index in [1.807, 2.05) is 12.1 Å². The van der Waals surface area contributed by atoms with Gasteiger partial charge in [-0.05, 0) is 64.4 Å². The molecular formula is C26H26O5. The van der Waals surface area contributed by atoms with E-state index in [0.717, 1.165) is 34.2 Å². The van der Waals surface area contributed by atoms with Crippen molar-refractivity contribution in [2.24, 2.45) is 0 Å². The molecule has 3 rings (SSSR count). The molecule has 0 aliphatic carbocycles. The van der Waals surface area contributed by atoms with Crippen molar-refractivity contribution >= 4 is 12.6 Å². The highest BCUT2D eigenvalue weighted by molar-refractivity contribution is 5.80. The molecule has 3 aromatic carbocycles. The predicted octanol–water partition coefficient (Wildman–Crippen LogP) is 5.12. The van der Waals surface area contributed by atoms with E-state index < -0.39 is 0 Å². The topological polar surface area (TPSA) is 94.8 Å². The molecule has 0 spiro atoms. The van der Waals surface area contributed by atoms with Crippen LogP contribution < -0.4 is 0 Å². The Kier molecular flexibility index (Phi) is 6.75. The van der Waals surface area contributed by atoms with Gasteiger partial charge in [0.25, 0.3) is 0 Å². The van der Waals surface area contributed by atoms with Crippen molar-refractivity contribution in [3.63, 3.8) is 0 Å². The van der Waals surface area contributed by atoms with Crippen molar-refractivity contribution in [1.29, 1.82) is 0 Å². The van der Waals surface area contributed by atoms with Gasteiger partial charge in [-0.25, -0.2) is 0 Å². The summed E-state index contributed by atoms with van der Waals surface area (Å²) >= 11 is 0. The molecular weight excluding hydrogens is 392 g/mol. The fraction of sp³-hybridized carbons (Fsp3) is 0.231. The lowest BCUT2D eigenvalue weighted by Gasteiger charge is -2.17. The summed E-state index contributed by atoms with van der Waals surface area (Å²) in [5.41, 5.74) is 4.57. The Bertz CT molecular complexity index is 1040. The second kappa shape index (κ2) is 9.47. The van der Waals surface area contributed by atoms with E-state index in [1.54, 1.807) is 24.3 Å². The van der Waals surface area contributed by atoms with E-state index in [1.165, 1.54) is 12.1 Å². The zero-order valence-corrected chi connectivity index (χ0v) is 17.6. The summed E-state index contributed by atoms with van der Waals surface area (Å²) in [7, 11) is 0. The van der Waals surface area contributed by atoms with Crippen LogP contribution in [0.5, 0.6) is 17.2 Å². The van der Waals surface area contributed by atoms with Crippen molar-refractivity contribution < 1.29 is 24.9 Å². The minimum atomic E-state index is -0.0738. The molecule has 160 valence electrons. The first kappa shape index (κ1) is 22.1. The Balaban J connectivity index is 2.03. The van der Waals surface area contributed by atoms with Crippen molar-refractivity contribution in [3.05, 3.63) is 87.5 Å². The van der Waals surface area contributed by atoms with E-state index in [9.17, 15) is 24.9 Å². The number of rotatable bonds is 8. The lowest BCUT2D eigenvalue weighted by molar-refractivity contribution is 0.111. The highest BCUT2D eigenvalue weighted by atomic mass is 16.3. The quantitative estimate of drug-likeness (QED) is 0.441. The molecule has 1 atom stereocenters. The average molecular weight is 418 g/mol. The Labute approximate surface area is 181 Å². The van der Waals surface area contributed by atoms with Crippen LogP contribution in [0.4, 0.5) is 0 Å². The van der Waals surface area contributed by atoms with Gasteiger partial charge in [0.2, 0.25) is 0 Å². The van der Waals surface area contributed by atoms with Gasteiger partial charge in [-0.2, -0.15) is 0 Å². The predicted molar refractivity (Wildman–Crippen MR) is 119 cm³/mol. The first-order chi connectivity index (χ1) is 14.9. The van der Waals surface area contributed by atoms with Gasteiger partial charge in [-0.15, -0.1) is 0 Å². The Morgan fingerprint density at radius 3 is 1.61 bits per heavy atom. The van der Waals surface area contributed by atoms with Crippen molar-refractivity contribution in [3.8, 4) is 17.2 Å². The summed E-state index contributed by atoms with van der Waals surface area (Å²) in [6, 6.07) is 13.6. The van der Waals surface area contributed by atoms with E-state index in [2.05, 4.69) is 13.8 Å². The molecule has 0 aromatic heterocycles. The summed E-state index contributed by atoms with van der Waals surface area (Å²) in [5.74, 6) is 0.299. The van der Waals surface area contributed by atoms with Gasteiger partial charge in [0.05, 0.1) is 11.1 Å². The summed E-state index contributed by atoms with van der Waals surface area (Å²) in [4.78, 5) is 22.3. The molecule has 1 unspecified atom stereocenters. The van der Waals surface area contributed by atoms with Crippen LogP contribution in [0.1, 0.15) is 74.7 Å². The molecule has 0 amide bonds. The minimum absolute atomic E-state index is 0.0738. The van der Waals surface area contributed by atoms with E-state index in [0.29, 0.717) is 25.4 Å². The molecule has 3 N–H and O–H groups in total. The number of carbonyl (C=O) groups excluding carboxylic acids is 2. The van der Waals surface area contributed by atoms with Gasteiger partial charge >= 0.3 is 0 Å². The van der Waals surface area contributed by atoms with Crippen LogP contribution in [-0.4, -0.2) is 27.9 Å². The van der Waals surface area contributed by atoms with Gasteiger partial charge in [0, 0.05) is 12.8 Å². The van der Waals surface area contributed by atoms with Crippen LogP contribution in [-0.2, 0) is 12.8 Å². The molecule has 0 fully saturated rings. The number of hydrogen-bond acceptors (Lipinski definition) is 5. The SMILES string of the molecule is CCC(C)c1cc(Cc2ccc(O)c(C=O)c2)c(O)c(Cc2ccc(O)c(C=O)c2)c1. The zero-order chi connectivity index (χ0) is 22.5. The fourth-order valence-corrected chi connectivity index (χ4v) is 3.63. The fourth-order valence-electron chi connectivity index (χ4n) is 3.63. The van der Waals surface area contributed by atoms with E-state index in [4.69, 9.17) is 0 Å². The smallest absolute Gasteiger partial charge is 0.153 e. The maximum Gasteiger partial charge on any atom is 0.153 e. The summed E-state index contributed by atoms with van der Waals surface area (Å²) in [6.07, 6.45) is 2.95. The average Bonchev–Trinajstić information content (AvgIpc) is 2.78. The normalized spacial score (nSPS) is 11.8. The largest absolute Gasteiger partial charge is 0.507 e. The van der Waals surface area contributed by atoms with Crippen LogP contribution in [0.2, 0.25) is 0 Å². The number of aromatic hydroxyl groups is 3. The summed E-state index contributed by atoms with van der Waals surface area (Å²) in [5, 5.41) is 30.5. The monoisotopic (exact) mass is 418 g/mol. The molecule has 0 aliphatic heterocycles. The van der Waals surface area contributed by atoms with Gasteiger partial charge < -0.3 is 15.3 Å². The van der Waals surface area contributed by atoms with Crippen LogP contribution in [0.25, 0.3) is 0 Å². The summed E-state index contributed by atoms with van der Waals surface area (Å²) in [6.45, 7) is 4.22. The van der Waals surface area contributed by atoms with Crippen molar-refractivity contribution in [2.45, 2.75) is 39.0 Å². The molecule has 0 aliphatic rings. The Hall–Kier alpha value is -3.60. The third-order valence-corrected chi connectivity index (χ3v) is 5.70. The highest BCUT2D eigenvalue weighted by Gasteiger charge is 2.15.